The minimum atomic E-state index is -0.683. The zero-order chi connectivity index (χ0) is 27.1. The van der Waals surface area contributed by atoms with E-state index in [0.29, 0.717) is 5.41 Å². The zero-order valence-corrected chi connectivity index (χ0v) is 24.4. The second-order valence-electron chi connectivity index (χ2n) is 14.3. The smallest absolute Gasteiger partial charge is 0.446 e. The molecule has 3 saturated carbocycles. The summed E-state index contributed by atoms with van der Waals surface area (Å²) >= 11 is 0. The predicted octanol–water partition coefficient (Wildman–Crippen LogP) is 7.66. The van der Waals surface area contributed by atoms with Gasteiger partial charge in [0.15, 0.2) is 0 Å². The molecule has 0 bridgehead atoms. The molecule has 1 heterocycles. The molecule has 8 atom stereocenters. The quantitative estimate of drug-likeness (QED) is 0.271. The van der Waals surface area contributed by atoms with Crippen molar-refractivity contribution in [2.24, 2.45) is 46.3 Å². The summed E-state index contributed by atoms with van der Waals surface area (Å²) in [6, 6.07) is -0.353. The number of hydrogen-bond acceptors (Lipinski definition) is 5. The fourth-order valence-corrected chi connectivity index (χ4v) is 9.62. The van der Waals surface area contributed by atoms with E-state index in [1.807, 2.05) is 0 Å². The molecule has 6 heteroatoms. The number of rotatable bonds is 7. The van der Waals surface area contributed by atoms with E-state index in [4.69, 9.17) is 14.2 Å². The lowest BCUT2D eigenvalue weighted by Crippen LogP contribution is -2.51. The summed E-state index contributed by atoms with van der Waals surface area (Å²) in [5, 5.41) is 2.79. The molecule has 1 saturated heterocycles. The van der Waals surface area contributed by atoms with Crippen LogP contribution in [-0.4, -0.2) is 37.6 Å². The molecule has 4 aliphatic carbocycles. The summed E-state index contributed by atoms with van der Waals surface area (Å²) in [6.45, 7) is 12.7. The summed E-state index contributed by atoms with van der Waals surface area (Å²) in [4.78, 5) is 23.6. The van der Waals surface area contributed by atoms with E-state index < -0.39 is 12.2 Å². The van der Waals surface area contributed by atoms with E-state index in [0.717, 1.165) is 54.8 Å². The van der Waals surface area contributed by atoms with Crippen molar-refractivity contribution in [3.63, 3.8) is 0 Å². The maximum absolute atomic E-state index is 12.5. The third-order valence-corrected chi connectivity index (χ3v) is 11.7. The van der Waals surface area contributed by atoms with Gasteiger partial charge in [0.2, 0.25) is 0 Å². The summed E-state index contributed by atoms with van der Waals surface area (Å²) in [7, 11) is 0. The molecular weight excluding hydrogens is 478 g/mol. The van der Waals surface area contributed by atoms with Gasteiger partial charge in [0, 0.05) is 6.42 Å². The van der Waals surface area contributed by atoms with Gasteiger partial charge in [-0.2, -0.15) is 0 Å². The van der Waals surface area contributed by atoms with Crippen molar-refractivity contribution < 1.29 is 23.8 Å². The third kappa shape index (κ3) is 5.35. The van der Waals surface area contributed by atoms with Crippen molar-refractivity contribution in [2.45, 2.75) is 117 Å². The van der Waals surface area contributed by atoms with Crippen molar-refractivity contribution in [1.82, 2.24) is 5.32 Å². The Morgan fingerprint density at radius 1 is 1.05 bits per heavy atom. The SMILES string of the molecule is CC(C)CCC[C@@H](C)[C@H]1CC[C@H]2[C@@H]3CC=C4CC(OC(=O)NC5COC(=O)OC5)CC[C@]4(C)[C@H]3CC[C@]12C. The molecule has 1 N–H and O–H groups in total. The van der Waals surface area contributed by atoms with E-state index in [2.05, 4.69) is 46.0 Å². The highest BCUT2D eigenvalue weighted by molar-refractivity contribution is 5.68. The molecule has 1 amide bonds. The minimum Gasteiger partial charge on any atom is -0.446 e. The molecule has 38 heavy (non-hydrogen) atoms. The van der Waals surface area contributed by atoms with Crippen LogP contribution in [-0.2, 0) is 14.2 Å². The Balaban J connectivity index is 1.19. The molecular formula is C32H51NO5. The number of nitrogens with one attached hydrogen (secondary N) is 1. The molecule has 0 aromatic heterocycles. The number of fused-ring (bicyclic) bond motifs is 5. The number of alkyl carbamates (subject to hydrolysis) is 1. The van der Waals surface area contributed by atoms with E-state index in [1.165, 1.54) is 56.9 Å². The first-order chi connectivity index (χ1) is 18.1. The maximum atomic E-state index is 12.5. The van der Waals surface area contributed by atoms with E-state index >= 15 is 0 Å². The number of carbonyl (C=O) groups is 2. The minimum absolute atomic E-state index is 0.0886. The van der Waals surface area contributed by atoms with Crippen LogP contribution in [0.5, 0.6) is 0 Å². The average Bonchev–Trinajstić information content (AvgIpc) is 3.23. The number of hydrogen-bond donors (Lipinski definition) is 1. The molecule has 0 radical (unpaired) electrons. The highest BCUT2D eigenvalue weighted by atomic mass is 16.7. The van der Waals surface area contributed by atoms with Crippen molar-refractivity contribution in [1.29, 1.82) is 0 Å². The van der Waals surface area contributed by atoms with E-state index in [1.54, 1.807) is 0 Å². The van der Waals surface area contributed by atoms with Crippen LogP contribution in [0.1, 0.15) is 105 Å². The highest BCUT2D eigenvalue weighted by Gasteiger charge is 2.59. The fraction of sp³-hybridized carbons (Fsp3) is 0.875. The topological polar surface area (TPSA) is 73.9 Å². The number of amides is 1. The Morgan fingerprint density at radius 2 is 1.82 bits per heavy atom. The van der Waals surface area contributed by atoms with Crippen LogP contribution in [0.25, 0.3) is 0 Å². The summed E-state index contributed by atoms with van der Waals surface area (Å²) in [6.07, 6.45) is 15.1. The summed E-state index contributed by atoms with van der Waals surface area (Å²) in [5.74, 6) is 4.98. The van der Waals surface area contributed by atoms with Crippen molar-refractivity contribution in [2.75, 3.05) is 13.2 Å². The molecule has 6 nitrogen and oxygen atoms in total. The molecule has 5 aliphatic rings. The molecule has 4 fully saturated rings. The number of allylic oxidation sites excluding steroid dienone is 1. The van der Waals surface area contributed by atoms with Gasteiger partial charge in [-0.3, -0.25) is 0 Å². The lowest BCUT2D eigenvalue weighted by molar-refractivity contribution is -0.0585. The second kappa shape index (κ2) is 11.0. The van der Waals surface area contributed by atoms with E-state index in [-0.39, 0.29) is 30.8 Å². The van der Waals surface area contributed by atoms with Crippen LogP contribution in [0.15, 0.2) is 11.6 Å². The fourth-order valence-electron chi connectivity index (χ4n) is 9.62. The van der Waals surface area contributed by atoms with Gasteiger partial charge in [0.1, 0.15) is 25.4 Å². The van der Waals surface area contributed by atoms with Crippen molar-refractivity contribution in [3.8, 4) is 0 Å². The lowest BCUT2D eigenvalue weighted by atomic mass is 9.47. The molecule has 5 rings (SSSR count). The van der Waals surface area contributed by atoms with Crippen molar-refractivity contribution >= 4 is 12.2 Å². The van der Waals surface area contributed by atoms with Gasteiger partial charge in [-0.05, 0) is 91.3 Å². The first-order valence-corrected chi connectivity index (χ1v) is 15.6. The van der Waals surface area contributed by atoms with Gasteiger partial charge in [0.25, 0.3) is 0 Å². The molecule has 1 unspecified atom stereocenters. The van der Waals surface area contributed by atoms with Gasteiger partial charge in [-0.15, -0.1) is 0 Å². The van der Waals surface area contributed by atoms with Crippen LogP contribution in [0.3, 0.4) is 0 Å². The first-order valence-electron chi connectivity index (χ1n) is 15.6. The Bertz CT molecular complexity index is 906. The molecule has 0 spiro atoms. The van der Waals surface area contributed by atoms with Gasteiger partial charge >= 0.3 is 12.2 Å². The zero-order valence-electron chi connectivity index (χ0n) is 24.4. The standard InChI is InChI=1S/C32H51NO5/c1-20(2)7-6-8-21(3)26-11-12-27-25-10-9-22-17-24(38-29(34)33-23-18-36-30(35)37-19-23)13-15-31(22,4)28(25)14-16-32(26,27)5/h9,20-21,23-28H,6-8,10-19H2,1-5H3,(H,33,34)/t21-,24?,25+,26-,27+,28+,31+,32-/m1/s1. The Kier molecular flexibility index (Phi) is 8.09. The summed E-state index contributed by atoms with van der Waals surface area (Å²) < 4.78 is 15.6. The monoisotopic (exact) mass is 529 g/mol. The number of carbonyl (C=O) groups excluding carboxylic acids is 2. The summed E-state index contributed by atoms with van der Waals surface area (Å²) in [5.41, 5.74) is 2.28. The van der Waals surface area contributed by atoms with Gasteiger partial charge in [0.05, 0.1) is 0 Å². The second-order valence-corrected chi connectivity index (χ2v) is 14.3. The average molecular weight is 530 g/mol. The van der Waals surface area contributed by atoms with Crippen LogP contribution < -0.4 is 5.32 Å². The first kappa shape index (κ1) is 27.8. The number of cyclic esters (lactones) is 2. The van der Waals surface area contributed by atoms with Crippen LogP contribution in [0.4, 0.5) is 9.59 Å². The Morgan fingerprint density at radius 3 is 2.55 bits per heavy atom. The largest absolute Gasteiger partial charge is 0.508 e. The maximum Gasteiger partial charge on any atom is 0.508 e. The van der Waals surface area contributed by atoms with E-state index in [9.17, 15) is 9.59 Å². The Hall–Kier alpha value is -1.72. The molecule has 0 aromatic carbocycles. The molecule has 214 valence electrons. The van der Waals surface area contributed by atoms with Gasteiger partial charge < -0.3 is 19.5 Å². The van der Waals surface area contributed by atoms with Crippen LogP contribution >= 0.6 is 0 Å². The van der Waals surface area contributed by atoms with Crippen LogP contribution in [0, 0.1) is 46.3 Å². The predicted molar refractivity (Wildman–Crippen MR) is 148 cm³/mol. The van der Waals surface area contributed by atoms with Gasteiger partial charge in [-0.25, -0.2) is 9.59 Å². The van der Waals surface area contributed by atoms with Crippen LogP contribution in [0.2, 0.25) is 0 Å². The normalized spacial score (nSPS) is 39.7. The van der Waals surface area contributed by atoms with Crippen molar-refractivity contribution in [3.05, 3.63) is 11.6 Å². The highest BCUT2D eigenvalue weighted by Crippen LogP contribution is 2.67. The third-order valence-electron chi connectivity index (χ3n) is 11.7. The lowest BCUT2D eigenvalue weighted by Gasteiger charge is -2.58. The molecule has 1 aliphatic heterocycles. The Labute approximate surface area is 230 Å². The molecule has 0 aromatic rings. The number of ether oxygens (including phenoxy) is 3. The van der Waals surface area contributed by atoms with Gasteiger partial charge in [-0.1, -0.05) is 65.5 Å².